The molecule has 0 aromatic carbocycles. The van der Waals surface area contributed by atoms with Crippen LogP contribution in [-0.2, 0) is 0 Å². The van der Waals surface area contributed by atoms with Crippen molar-refractivity contribution in [3.63, 3.8) is 0 Å². The van der Waals surface area contributed by atoms with Gasteiger partial charge < -0.3 is 5.73 Å². The van der Waals surface area contributed by atoms with Crippen molar-refractivity contribution < 1.29 is 0 Å². The standard InChI is InChI=1S/C11H23N3/c1-9(12)6-14-8-11-4-3-5-13(11)7-10(14)2/h9-11H,3-8,12H2,1-2H3/t9-,10?,11?/m1/s1. The second-order valence-corrected chi connectivity index (χ2v) is 5.07. The Morgan fingerprint density at radius 3 is 2.93 bits per heavy atom. The summed E-state index contributed by atoms with van der Waals surface area (Å²) in [7, 11) is 0. The van der Waals surface area contributed by atoms with Crippen LogP contribution in [0.3, 0.4) is 0 Å². The lowest BCUT2D eigenvalue weighted by Crippen LogP contribution is -2.56. The lowest BCUT2D eigenvalue weighted by Gasteiger charge is -2.42. The molecule has 3 heteroatoms. The van der Waals surface area contributed by atoms with Gasteiger partial charge in [-0.15, -0.1) is 0 Å². The Labute approximate surface area is 87.2 Å². The van der Waals surface area contributed by atoms with Gasteiger partial charge in [-0.1, -0.05) is 0 Å². The Hall–Kier alpha value is -0.120. The van der Waals surface area contributed by atoms with Gasteiger partial charge in [0.05, 0.1) is 0 Å². The zero-order valence-corrected chi connectivity index (χ0v) is 9.45. The van der Waals surface area contributed by atoms with Crippen molar-refractivity contribution in [1.29, 1.82) is 0 Å². The summed E-state index contributed by atoms with van der Waals surface area (Å²) in [5.41, 5.74) is 5.87. The molecule has 0 aromatic rings. The van der Waals surface area contributed by atoms with Gasteiger partial charge in [0.15, 0.2) is 0 Å². The van der Waals surface area contributed by atoms with E-state index >= 15 is 0 Å². The predicted molar refractivity (Wildman–Crippen MR) is 59.3 cm³/mol. The molecule has 0 aliphatic carbocycles. The van der Waals surface area contributed by atoms with Crippen molar-refractivity contribution in [2.24, 2.45) is 5.73 Å². The molecule has 2 unspecified atom stereocenters. The number of nitrogens with two attached hydrogens (primary N) is 1. The Morgan fingerprint density at radius 1 is 1.43 bits per heavy atom. The predicted octanol–water partition coefficient (Wildman–Crippen LogP) is 0.502. The first-order chi connectivity index (χ1) is 6.66. The number of piperazine rings is 1. The molecule has 0 amide bonds. The van der Waals surface area contributed by atoms with E-state index in [-0.39, 0.29) is 0 Å². The lowest BCUT2D eigenvalue weighted by molar-refractivity contribution is 0.0566. The number of hydrogen-bond acceptors (Lipinski definition) is 3. The van der Waals surface area contributed by atoms with Crippen molar-refractivity contribution in [2.75, 3.05) is 26.2 Å². The van der Waals surface area contributed by atoms with Crippen molar-refractivity contribution in [1.82, 2.24) is 9.80 Å². The molecule has 0 bridgehead atoms. The van der Waals surface area contributed by atoms with Crippen LogP contribution in [0.2, 0.25) is 0 Å². The first kappa shape index (κ1) is 10.4. The molecule has 2 N–H and O–H groups in total. The molecule has 3 nitrogen and oxygen atoms in total. The number of rotatable bonds is 2. The third-order valence-electron chi connectivity index (χ3n) is 3.59. The quantitative estimate of drug-likeness (QED) is 0.700. The maximum absolute atomic E-state index is 5.87. The summed E-state index contributed by atoms with van der Waals surface area (Å²) in [6, 6.07) is 1.82. The molecule has 2 fully saturated rings. The normalized spacial score (nSPS) is 37.1. The zero-order chi connectivity index (χ0) is 10.1. The topological polar surface area (TPSA) is 32.5 Å². The van der Waals surface area contributed by atoms with Crippen LogP contribution >= 0.6 is 0 Å². The summed E-state index contributed by atoms with van der Waals surface area (Å²) < 4.78 is 0. The van der Waals surface area contributed by atoms with Crippen molar-refractivity contribution >= 4 is 0 Å². The minimum atomic E-state index is 0.311. The van der Waals surface area contributed by atoms with E-state index in [1.54, 1.807) is 0 Å². The van der Waals surface area contributed by atoms with Crippen LogP contribution in [0.25, 0.3) is 0 Å². The summed E-state index contributed by atoms with van der Waals surface area (Å²) in [4.78, 5) is 5.22. The summed E-state index contributed by atoms with van der Waals surface area (Å²) in [6.45, 7) is 9.30. The molecular formula is C11H23N3. The number of hydrogen-bond donors (Lipinski definition) is 1. The van der Waals surface area contributed by atoms with Gasteiger partial charge in [-0.25, -0.2) is 0 Å². The Balaban J connectivity index is 1.92. The summed E-state index contributed by atoms with van der Waals surface area (Å²) in [5.74, 6) is 0. The molecule has 14 heavy (non-hydrogen) atoms. The summed E-state index contributed by atoms with van der Waals surface area (Å²) in [5, 5.41) is 0. The molecular weight excluding hydrogens is 174 g/mol. The minimum Gasteiger partial charge on any atom is -0.327 e. The van der Waals surface area contributed by atoms with Crippen LogP contribution in [-0.4, -0.2) is 54.1 Å². The van der Waals surface area contributed by atoms with Crippen molar-refractivity contribution in [3.8, 4) is 0 Å². The van der Waals surface area contributed by atoms with Gasteiger partial charge in [0.1, 0.15) is 0 Å². The molecule has 82 valence electrons. The molecule has 2 rings (SSSR count). The van der Waals surface area contributed by atoms with E-state index in [1.807, 2.05) is 0 Å². The first-order valence-electron chi connectivity index (χ1n) is 5.90. The van der Waals surface area contributed by atoms with E-state index in [2.05, 4.69) is 23.6 Å². The molecule has 0 spiro atoms. The Bertz CT molecular complexity index is 193. The van der Waals surface area contributed by atoms with Crippen molar-refractivity contribution in [3.05, 3.63) is 0 Å². The van der Waals surface area contributed by atoms with E-state index in [0.29, 0.717) is 12.1 Å². The van der Waals surface area contributed by atoms with Crippen LogP contribution in [0, 0.1) is 0 Å². The van der Waals surface area contributed by atoms with Gasteiger partial charge in [-0.2, -0.15) is 0 Å². The molecule has 3 atom stereocenters. The smallest absolute Gasteiger partial charge is 0.0224 e. The molecule has 0 saturated carbocycles. The largest absolute Gasteiger partial charge is 0.327 e. The highest BCUT2D eigenvalue weighted by molar-refractivity contribution is 4.91. The fourth-order valence-corrected chi connectivity index (χ4v) is 2.87. The monoisotopic (exact) mass is 197 g/mol. The van der Waals surface area contributed by atoms with Crippen LogP contribution in [0.15, 0.2) is 0 Å². The van der Waals surface area contributed by atoms with E-state index in [4.69, 9.17) is 5.73 Å². The SMILES string of the molecule is CC1CN2CCCC2CN1C[C@@H](C)N. The second-order valence-electron chi connectivity index (χ2n) is 5.07. The molecule has 0 radical (unpaired) electrons. The van der Waals surface area contributed by atoms with E-state index < -0.39 is 0 Å². The molecule has 2 saturated heterocycles. The fourth-order valence-electron chi connectivity index (χ4n) is 2.87. The van der Waals surface area contributed by atoms with Gasteiger partial charge in [-0.05, 0) is 33.2 Å². The Morgan fingerprint density at radius 2 is 2.21 bits per heavy atom. The third-order valence-corrected chi connectivity index (χ3v) is 3.59. The first-order valence-corrected chi connectivity index (χ1v) is 5.90. The number of fused-ring (bicyclic) bond motifs is 1. The highest BCUT2D eigenvalue weighted by atomic mass is 15.3. The van der Waals surface area contributed by atoms with E-state index in [1.165, 1.54) is 32.5 Å². The average molecular weight is 197 g/mol. The molecule has 2 heterocycles. The van der Waals surface area contributed by atoms with Crippen LogP contribution < -0.4 is 5.73 Å². The average Bonchev–Trinajstić information content (AvgIpc) is 2.51. The minimum absolute atomic E-state index is 0.311. The molecule has 2 aliphatic rings. The van der Waals surface area contributed by atoms with Gasteiger partial charge >= 0.3 is 0 Å². The fraction of sp³-hybridized carbons (Fsp3) is 1.00. The third kappa shape index (κ3) is 2.10. The maximum atomic E-state index is 5.87. The highest BCUT2D eigenvalue weighted by Crippen LogP contribution is 2.24. The number of nitrogens with zero attached hydrogens (tertiary/aromatic N) is 2. The zero-order valence-electron chi connectivity index (χ0n) is 9.45. The van der Waals surface area contributed by atoms with Crippen LogP contribution in [0.5, 0.6) is 0 Å². The van der Waals surface area contributed by atoms with Crippen LogP contribution in [0.1, 0.15) is 26.7 Å². The summed E-state index contributed by atoms with van der Waals surface area (Å²) in [6.07, 6.45) is 2.78. The maximum Gasteiger partial charge on any atom is 0.0224 e. The Kier molecular flexibility index (Phi) is 3.10. The molecule has 0 aromatic heterocycles. The van der Waals surface area contributed by atoms with Gasteiger partial charge in [0.25, 0.3) is 0 Å². The van der Waals surface area contributed by atoms with E-state index in [9.17, 15) is 0 Å². The lowest BCUT2D eigenvalue weighted by atomic mass is 10.1. The molecule has 2 aliphatic heterocycles. The second kappa shape index (κ2) is 4.17. The van der Waals surface area contributed by atoms with Gasteiger partial charge in [0, 0.05) is 37.8 Å². The van der Waals surface area contributed by atoms with E-state index in [0.717, 1.165) is 12.6 Å². The van der Waals surface area contributed by atoms with Crippen molar-refractivity contribution in [2.45, 2.75) is 44.8 Å². The highest BCUT2D eigenvalue weighted by Gasteiger charge is 2.34. The van der Waals surface area contributed by atoms with Crippen LogP contribution in [0.4, 0.5) is 0 Å². The van der Waals surface area contributed by atoms with Gasteiger partial charge in [-0.3, -0.25) is 9.80 Å². The summed E-state index contributed by atoms with van der Waals surface area (Å²) >= 11 is 0. The van der Waals surface area contributed by atoms with Gasteiger partial charge in [0.2, 0.25) is 0 Å².